The number of carbonyl (C=O) groups excluding carboxylic acids is 1. The number of aryl methyl sites for hydroxylation is 2. The van der Waals surface area contributed by atoms with Gasteiger partial charge in [-0.1, -0.05) is 0 Å². The van der Waals surface area contributed by atoms with Crippen LogP contribution in [0.25, 0.3) is 0 Å². The van der Waals surface area contributed by atoms with Crippen LogP contribution in [0.3, 0.4) is 0 Å². The number of hydrogen-bond donors (Lipinski definition) is 0. The lowest BCUT2D eigenvalue weighted by molar-refractivity contribution is -0.140. The van der Waals surface area contributed by atoms with E-state index in [0.717, 1.165) is 17.7 Å². The Morgan fingerprint density at radius 3 is 2.30 bits per heavy atom. The van der Waals surface area contributed by atoms with Crippen molar-refractivity contribution in [2.75, 3.05) is 7.11 Å². The summed E-state index contributed by atoms with van der Waals surface area (Å²) in [4.78, 5) is 13.2. The third kappa shape index (κ3) is 7.53. The largest absolute Gasteiger partial charge is 0.469 e. The molecule has 0 bridgehead atoms. The second-order valence-electron chi connectivity index (χ2n) is 4.62. The third-order valence-corrected chi connectivity index (χ3v) is 4.09. The van der Waals surface area contributed by atoms with Crippen LogP contribution in [-0.4, -0.2) is 19.3 Å². The summed E-state index contributed by atoms with van der Waals surface area (Å²) in [7, 11) is 1.37. The monoisotopic (exact) mass is 308 g/mol. The number of ether oxygens (including phenoxy) is 1. The zero-order chi connectivity index (χ0) is 15.0. The van der Waals surface area contributed by atoms with Gasteiger partial charge in [0.2, 0.25) is 0 Å². The van der Waals surface area contributed by atoms with Crippen LogP contribution in [-0.2, 0) is 22.4 Å². The van der Waals surface area contributed by atoms with Gasteiger partial charge in [-0.25, -0.2) is 0 Å². The molecule has 0 aliphatic carbocycles. The fourth-order valence-corrected chi connectivity index (χ4v) is 2.93. The highest BCUT2D eigenvalue weighted by atomic mass is 32.1. The molecule has 0 amide bonds. The van der Waals surface area contributed by atoms with Crippen molar-refractivity contribution >= 4 is 17.3 Å². The molecule has 114 valence electrons. The molecule has 0 atom stereocenters. The summed E-state index contributed by atoms with van der Waals surface area (Å²) in [6.07, 6.45) is -1.38. The molecule has 2 nitrogen and oxygen atoms in total. The lowest BCUT2D eigenvalue weighted by atomic mass is 10.1. The Balaban J connectivity index is 2.21. The molecule has 20 heavy (non-hydrogen) atoms. The van der Waals surface area contributed by atoms with Crippen molar-refractivity contribution in [1.29, 1.82) is 0 Å². The summed E-state index contributed by atoms with van der Waals surface area (Å²) in [5.74, 6) is -0.214. The van der Waals surface area contributed by atoms with E-state index in [1.54, 1.807) is 11.3 Å². The Morgan fingerprint density at radius 2 is 1.75 bits per heavy atom. The Bertz CT molecular complexity index is 413. The molecule has 0 saturated carbocycles. The maximum absolute atomic E-state index is 12.0. The third-order valence-electron chi connectivity index (χ3n) is 2.88. The van der Waals surface area contributed by atoms with Gasteiger partial charge in [-0.05, 0) is 44.2 Å². The summed E-state index contributed by atoms with van der Waals surface area (Å²) in [5, 5.41) is 0. The first-order valence-electron chi connectivity index (χ1n) is 6.62. The highest BCUT2D eigenvalue weighted by Crippen LogP contribution is 2.24. The fourth-order valence-electron chi connectivity index (χ4n) is 1.82. The smallest absolute Gasteiger partial charge is 0.389 e. The molecule has 1 aromatic rings. The summed E-state index contributed by atoms with van der Waals surface area (Å²) in [6, 6.07) is 3.95. The first-order chi connectivity index (χ1) is 9.40. The van der Waals surface area contributed by atoms with E-state index in [9.17, 15) is 18.0 Å². The second kappa shape index (κ2) is 8.29. The minimum Gasteiger partial charge on any atom is -0.469 e. The molecule has 6 heteroatoms. The van der Waals surface area contributed by atoms with Crippen molar-refractivity contribution in [3.63, 3.8) is 0 Å². The van der Waals surface area contributed by atoms with Gasteiger partial charge >= 0.3 is 12.1 Å². The van der Waals surface area contributed by atoms with Gasteiger partial charge in [0.1, 0.15) is 0 Å². The molecule has 0 aliphatic heterocycles. The van der Waals surface area contributed by atoms with E-state index >= 15 is 0 Å². The normalized spacial score (nSPS) is 11.6. The number of esters is 1. The number of alkyl halides is 3. The van der Waals surface area contributed by atoms with Gasteiger partial charge in [0, 0.05) is 22.6 Å². The summed E-state index contributed by atoms with van der Waals surface area (Å²) in [6.45, 7) is 0. The molecule has 0 spiro atoms. The van der Waals surface area contributed by atoms with Crippen LogP contribution in [0.5, 0.6) is 0 Å². The van der Waals surface area contributed by atoms with Crippen LogP contribution in [0, 0.1) is 0 Å². The van der Waals surface area contributed by atoms with E-state index in [0.29, 0.717) is 19.3 Å². The molecule has 0 radical (unpaired) electrons. The number of rotatable bonds is 8. The van der Waals surface area contributed by atoms with Crippen molar-refractivity contribution in [1.82, 2.24) is 0 Å². The van der Waals surface area contributed by atoms with Crippen LogP contribution in [0.1, 0.15) is 41.9 Å². The average molecular weight is 308 g/mol. The van der Waals surface area contributed by atoms with Crippen molar-refractivity contribution in [2.24, 2.45) is 0 Å². The van der Waals surface area contributed by atoms with Gasteiger partial charge < -0.3 is 4.74 Å². The van der Waals surface area contributed by atoms with Crippen LogP contribution in [0.4, 0.5) is 13.2 Å². The van der Waals surface area contributed by atoms with Gasteiger partial charge in [0.15, 0.2) is 0 Å². The van der Waals surface area contributed by atoms with Gasteiger partial charge in [0.05, 0.1) is 7.11 Å². The number of hydrogen-bond acceptors (Lipinski definition) is 3. The van der Waals surface area contributed by atoms with Gasteiger partial charge in [-0.15, -0.1) is 11.3 Å². The lowest BCUT2D eigenvalue weighted by Gasteiger charge is -2.04. The maximum atomic E-state index is 12.0. The van der Waals surface area contributed by atoms with E-state index < -0.39 is 12.6 Å². The maximum Gasteiger partial charge on any atom is 0.389 e. The highest BCUT2D eigenvalue weighted by Gasteiger charge is 2.25. The van der Waals surface area contributed by atoms with Crippen molar-refractivity contribution in [2.45, 2.75) is 51.1 Å². The molecule has 0 fully saturated rings. The number of halogens is 3. The van der Waals surface area contributed by atoms with Gasteiger partial charge in [-0.3, -0.25) is 4.79 Å². The van der Waals surface area contributed by atoms with E-state index in [-0.39, 0.29) is 12.4 Å². The van der Waals surface area contributed by atoms with Crippen LogP contribution in [0.2, 0.25) is 0 Å². The number of carbonyl (C=O) groups is 1. The Labute approximate surface area is 120 Å². The molecular weight excluding hydrogens is 289 g/mol. The molecule has 0 aliphatic rings. The van der Waals surface area contributed by atoms with Gasteiger partial charge in [-0.2, -0.15) is 13.2 Å². The molecule has 0 aromatic carbocycles. The topological polar surface area (TPSA) is 26.3 Å². The molecule has 0 N–H and O–H groups in total. The predicted molar refractivity (Wildman–Crippen MR) is 72.9 cm³/mol. The van der Waals surface area contributed by atoms with E-state index in [4.69, 9.17) is 0 Å². The van der Waals surface area contributed by atoms with Crippen LogP contribution < -0.4 is 0 Å². The van der Waals surface area contributed by atoms with Crippen LogP contribution in [0.15, 0.2) is 12.1 Å². The number of thiophene rings is 1. The SMILES string of the molecule is COC(=O)CCCc1ccc(CCCCC(F)(F)F)s1. The van der Waals surface area contributed by atoms with E-state index in [1.165, 1.54) is 12.0 Å². The predicted octanol–water partition coefficient (Wildman–Crippen LogP) is 4.52. The lowest BCUT2D eigenvalue weighted by Crippen LogP contribution is -2.06. The van der Waals surface area contributed by atoms with Gasteiger partial charge in [0.25, 0.3) is 0 Å². The molecule has 0 saturated heterocycles. The summed E-state index contributed by atoms with van der Waals surface area (Å²) < 4.78 is 40.5. The number of unbranched alkanes of at least 4 members (excludes halogenated alkanes) is 1. The first kappa shape index (κ1) is 17.0. The Kier molecular flexibility index (Phi) is 7.05. The van der Waals surface area contributed by atoms with Crippen LogP contribution >= 0.6 is 11.3 Å². The summed E-state index contributed by atoms with van der Waals surface area (Å²) >= 11 is 1.62. The second-order valence-corrected chi connectivity index (χ2v) is 5.87. The molecule has 1 aromatic heterocycles. The Hall–Kier alpha value is -1.04. The fraction of sp³-hybridized carbons (Fsp3) is 0.643. The van der Waals surface area contributed by atoms with E-state index in [1.807, 2.05) is 12.1 Å². The zero-order valence-electron chi connectivity index (χ0n) is 11.5. The van der Waals surface area contributed by atoms with Crippen molar-refractivity contribution in [3.8, 4) is 0 Å². The molecular formula is C14H19F3O2S. The first-order valence-corrected chi connectivity index (χ1v) is 7.43. The minimum atomic E-state index is -4.05. The highest BCUT2D eigenvalue weighted by molar-refractivity contribution is 7.11. The van der Waals surface area contributed by atoms with Crippen molar-refractivity contribution < 1.29 is 22.7 Å². The van der Waals surface area contributed by atoms with E-state index in [2.05, 4.69) is 4.74 Å². The quantitative estimate of drug-likeness (QED) is 0.521. The Morgan fingerprint density at radius 1 is 1.15 bits per heavy atom. The molecule has 0 unspecified atom stereocenters. The molecule has 1 rings (SSSR count). The zero-order valence-corrected chi connectivity index (χ0v) is 12.3. The van der Waals surface area contributed by atoms with Crippen molar-refractivity contribution in [3.05, 3.63) is 21.9 Å². The summed E-state index contributed by atoms with van der Waals surface area (Å²) in [5.41, 5.74) is 0. The minimum absolute atomic E-state index is 0.180. The molecule has 1 heterocycles. The average Bonchev–Trinajstić information content (AvgIpc) is 2.81. The standard InChI is InChI=1S/C14H19F3O2S/c1-19-13(18)7-4-6-12-9-8-11(20-12)5-2-3-10-14(15,16)17/h8-9H,2-7,10H2,1H3. The number of methoxy groups -OCH3 is 1.